The highest BCUT2D eigenvalue weighted by molar-refractivity contribution is 6.30. The van der Waals surface area contributed by atoms with E-state index in [9.17, 15) is 10.1 Å². The number of hydrogen-bond acceptors (Lipinski definition) is 4. The van der Waals surface area contributed by atoms with Crippen LogP contribution in [0, 0.1) is 31.1 Å². The molecular weight excluding hydrogens is 396 g/mol. The fourth-order valence-corrected chi connectivity index (χ4v) is 4.31. The number of anilines is 2. The summed E-state index contributed by atoms with van der Waals surface area (Å²) in [5.41, 5.74) is 5.27. The Bertz CT molecular complexity index is 1160. The molecule has 2 aromatic carbocycles. The van der Waals surface area contributed by atoms with Crippen LogP contribution in [0.5, 0.6) is 0 Å². The molecule has 1 aliphatic heterocycles. The number of halogens is 1. The number of carbonyl (C=O) groups excluding carboxylic acids is 1. The van der Waals surface area contributed by atoms with Gasteiger partial charge in [-0.1, -0.05) is 23.2 Å². The maximum atomic E-state index is 12.8. The Labute approximate surface area is 181 Å². The lowest BCUT2D eigenvalue weighted by Crippen LogP contribution is -2.38. The van der Waals surface area contributed by atoms with Gasteiger partial charge in [0.05, 0.1) is 16.8 Å². The highest BCUT2D eigenvalue weighted by Crippen LogP contribution is 2.33. The molecule has 4 rings (SSSR count). The van der Waals surface area contributed by atoms with E-state index in [1.165, 1.54) is 0 Å². The summed E-state index contributed by atoms with van der Waals surface area (Å²) in [4.78, 5) is 19.5. The standard InChI is InChI=1S/C24H23ClN4O/c1-15-3-5-22-20(11-15)23(18(13-26)14-27-22)29-9-7-17(8-10-29)24(30)28-21-6-4-19(25)12-16(21)2/h3-6,11-12,14,17H,7-10H2,1-2H3,(H,28,30). The number of nitrogens with one attached hydrogen (secondary N) is 1. The molecule has 0 bridgehead atoms. The lowest BCUT2D eigenvalue weighted by atomic mass is 9.94. The van der Waals surface area contributed by atoms with Gasteiger partial charge in [-0.2, -0.15) is 5.26 Å². The number of aryl methyl sites for hydroxylation is 2. The summed E-state index contributed by atoms with van der Waals surface area (Å²) in [6.07, 6.45) is 3.12. The quantitative estimate of drug-likeness (QED) is 0.632. The molecule has 2 heterocycles. The first-order valence-corrected chi connectivity index (χ1v) is 10.5. The van der Waals surface area contributed by atoms with Crippen molar-refractivity contribution in [1.82, 2.24) is 4.98 Å². The molecule has 1 fully saturated rings. The molecule has 1 N–H and O–H groups in total. The Kier molecular flexibility index (Phi) is 5.61. The van der Waals surface area contributed by atoms with Gasteiger partial charge in [-0.15, -0.1) is 0 Å². The van der Waals surface area contributed by atoms with Gasteiger partial charge in [-0.3, -0.25) is 9.78 Å². The van der Waals surface area contributed by atoms with Crippen molar-refractivity contribution in [3.8, 4) is 6.07 Å². The summed E-state index contributed by atoms with van der Waals surface area (Å²) in [6, 6.07) is 13.9. The fourth-order valence-electron chi connectivity index (χ4n) is 4.08. The Morgan fingerprint density at radius 2 is 1.97 bits per heavy atom. The molecule has 0 spiro atoms. The van der Waals surface area contributed by atoms with Gasteiger partial charge in [-0.25, -0.2) is 0 Å². The Morgan fingerprint density at radius 1 is 1.20 bits per heavy atom. The highest BCUT2D eigenvalue weighted by atomic mass is 35.5. The third-order valence-electron chi connectivity index (χ3n) is 5.74. The van der Waals surface area contributed by atoms with Gasteiger partial charge in [0, 0.05) is 41.3 Å². The van der Waals surface area contributed by atoms with Gasteiger partial charge in [0.25, 0.3) is 0 Å². The van der Waals surface area contributed by atoms with Crippen molar-refractivity contribution >= 4 is 39.8 Å². The molecule has 1 aromatic heterocycles. The number of aromatic nitrogens is 1. The zero-order valence-corrected chi connectivity index (χ0v) is 17.8. The molecular formula is C24H23ClN4O. The Balaban J connectivity index is 1.52. The van der Waals surface area contributed by atoms with E-state index < -0.39 is 0 Å². The molecule has 0 aliphatic carbocycles. The van der Waals surface area contributed by atoms with Crippen LogP contribution in [0.3, 0.4) is 0 Å². The van der Waals surface area contributed by atoms with E-state index in [0.717, 1.165) is 59.3 Å². The van der Waals surface area contributed by atoms with E-state index in [1.54, 1.807) is 12.3 Å². The first kappa shape index (κ1) is 20.2. The number of amides is 1. The van der Waals surface area contributed by atoms with Crippen molar-refractivity contribution in [3.05, 3.63) is 64.3 Å². The molecule has 1 aliphatic rings. The number of carbonyl (C=O) groups is 1. The molecule has 0 saturated carbocycles. The first-order valence-electron chi connectivity index (χ1n) is 10.1. The molecule has 1 saturated heterocycles. The smallest absolute Gasteiger partial charge is 0.227 e. The third-order valence-corrected chi connectivity index (χ3v) is 5.98. The zero-order chi connectivity index (χ0) is 21.3. The third kappa shape index (κ3) is 3.96. The van der Waals surface area contributed by atoms with E-state index in [4.69, 9.17) is 11.6 Å². The monoisotopic (exact) mass is 418 g/mol. The van der Waals surface area contributed by atoms with Crippen LogP contribution in [-0.2, 0) is 4.79 Å². The van der Waals surface area contributed by atoms with E-state index in [1.807, 2.05) is 38.1 Å². The number of rotatable bonds is 3. The minimum absolute atomic E-state index is 0.0380. The van der Waals surface area contributed by atoms with Crippen molar-refractivity contribution in [3.63, 3.8) is 0 Å². The molecule has 0 atom stereocenters. The van der Waals surface area contributed by atoms with Crippen LogP contribution in [0.15, 0.2) is 42.6 Å². The minimum Gasteiger partial charge on any atom is -0.370 e. The van der Waals surface area contributed by atoms with Crippen molar-refractivity contribution in [1.29, 1.82) is 5.26 Å². The maximum Gasteiger partial charge on any atom is 0.227 e. The average molecular weight is 419 g/mol. The summed E-state index contributed by atoms with van der Waals surface area (Å²) >= 11 is 6.01. The van der Waals surface area contributed by atoms with Crippen LogP contribution < -0.4 is 10.2 Å². The number of benzene rings is 2. The van der Waals surface area contributed by atoms with Crippen molar-refractivity contribution < 1.29 is 4.79 Å². The number of piperidine rings is 1. The second-order valence-corrected chi connectivity index (χ2v) is 8.30. The summed E-state index contributed by atoms with van der Waals surface area (Å²) in [7, 11) is 0. The minimum atomic E-state index is -0.0586. The molecule has 30 heavy (non-hydrogen) atoms. The number of nitriles is 1. The number of fused-ring (bicyclic) bond motifs is 1. The van der Waals surface area contributed by atoms with E-state index in [2.05, 4.69) is 27.3 Å². The Morgan fingerprint density at radius 3 is 2.67 bits per heavy atom. The summed E-state index contributed by atoms with van der Waals surface area (Å²) in [6.45, 7) is 5.42. The number of hydrogen-bond donors (Lipinski definition) is 1. The molecule has 0 radical (unpaired) electrons. The summed E-state index contributed by atoms with van der Waals surface area (Å²) in [5.74, 6) is -0.0206. The predicted molar refractivity (Wildman–Crippen MR) is 121 cm³/mol. The van der Waals surface area contributed by atoms with Crippen LogP contribution in [0.25, 0.3) is 10.9 Å². The lowest BCUT2D eigenvalue weighted by molar-refractivity contribution is -0.120. The normalized spacial score (nSPS) is 14.5. The second kappa shape index (κ2) is 8.33. The summed E-state index contributed by atoms with van der Waals surface area (Å²) < 4.78 is 0. The zero-order valence-electron chi connectivity index (χ0n) is 17.1. The molecule has 6 heteroatoms. The molecule has 3 aromatic rings. The van der Waals surface area contributed by atoms with Crippen LogP contribution in [-0.4, -0.2) is 24.0 Å². The van der Waals surface area contributed by atoms with Crippen molar-refractivity contribution in [2.45, 2.75) is 26.7 Å². The predicted octanol–water partition coefficient (Wildman–Crippen LogP) is 5.23. The Hall–Kier alpha value is -3.10. The van der Waals surface area contributed by atoms with Crippen molar-refractivity contribution in [2.75, 3.05) is 23.3 Å². The summed E-state index contributed by atoms with van der Waals surface area (Å²) in [5, 5.41) is 14.3. The van der Waals surface area contributed by atoms with Gasteiger partial charge in [0.15, 0.2) is 0 Å². The number of nitrogens with zero attached hydrogens (tertiary/aromatic N) is 3. The van der Waals surface area contributed by atoms with Crippen LogP contribution in [0.4, 0.5) is 11.4 Å². The topological polar surface area (TPSA) is 69.0 Å². The first-order chi connectivity index (χ1) is 14.5. The average Bonchev–Trinajstić information content (AvgIpc) is 2.75. The van der Waals surface area contributed by atoms with Gasteiger partial charge < -0.3 is 10.2 Å². The largest absolute Gasteiger partial charge is 0.370 e. The van der Waals surface area contributed by atoms with E-state index in [-0.39, 0.29) is 11.8 Å². The molecule has 1 amide bonds. The van der Waals surface area contributed by atoms with Crippen LogP contribution in [0.1, 0.15) is 29.5 Å². The van der Waals surface area contributed by atoms with Gasteiger partial charge in [0.1, 0.15) is 6.07 Å². The van der Waals surface area contributed by atoms with Gasteiger partial charge >= 0.3 is 0 Å². The molecule has 152 valence electrons. The van der Waals surface area contributed by atoms with Gasteiger partial charge in [-0.05, 0) is 62.6 Å². The SMILES string of the molecule is Cc1ccc2ncc(C#N)c(N3CCC(C(=O)Nc4ccc(Cl)cc4C)CC3)c2c1. The lowest BCUT2D eigenvalue weighted by Gasteiger charge is -2.34. The van der Waals surface area contributed by atoms with Crippen LogP contribution in [0.2, 0.25) is 5.02 Å². The fraction of sp³-hybridized carbons (Fsp3) is 0.292. The van der Waals surface area contributed by atoms with E-state index in [0.29, 0.717) is 10.6 Å². The second-order valence-electron chi connectivity index (χ2n) is 7.86. The molecule has 5 nitrogen and oxygen atoms in total. The molecule has 0 unspecified atom stereocenters. The maximum absolute atomic E-state index is 12.8. The highest BCUT2D eigenvalue weighted by Gasteiger charge is 2.27. The number of pyridine rings is 1. The van der Waals surface area contributed by atoms with Crippen LogP contribution >= 0.6 is 11.6 Å². The van der Waals surface area contributed by atoms with Crippen molar-refractivity contribution in [2.24, 2.45) is 5.92 Å². The van der Waals surface area contributed by atoms with Gasteiger partial charge in [0.2, 0.25) is 5.91 Å². The van der Waals surface area contributed by atoms with E-state index >= 15 is 0 Å².